The number of nitrogens with zero attached hydrogens (tertiary/aromatic N) is 1. The Bertz CT molecular complexity index is 1480. The molecule has 5 rings (SSSR count). The third-order valence-electron chi connectivity index (χ3n) is 9.38. The molecule has 4 unspecified atom stereocenters. The van der Waals surface area contributed by atoms with Crippen LogP contribution in [0.3, 0.4) is 0 Å². The number of aliphatic imine (C=N–C) groups is 1. The molecule has 0 saturated heterocycles. The quantitative estimate of drug-likeness (QED) is 0.284. The molecule has 1 fully saturated rings. The minimum atomic E-state index is -1.37. The Kier molecular flexibility index (Phi) is 6.91. The van der Waals surface area contributed by atoms with E-state index in [-0.39, 0.29) is 53.8 Å². The third-order valence-corrected chi connectivity index (χ3v) is 9.38. The van der Waals surface area contributed by atoms with Gasteiger partial charge in [-0.2, -0.15) is 0 Å². The summed E-state index contributed by atoms with van der Waals surface area (Å²) in [6.45, 7) is 14.4. The van der Waals surface area contributed by atoms with Crippen LogP contribution in [0.2, 0.25) is 0 Å². The molecular formula is C33H42N2O4. The van der Waals surface area contributed by atoms with E-state index in [4.69, 9.17) is 4.99 Å². The number of carbonyl (C=O) groups is 1. The van der Waals surface area contributed by atoms with E-state index >= 15 is 0 Å². The van der Waals surface area contributed by atoms with E-state index in [9.17, 15) is 20.1 Å². The molecule has 0 spiro atoms. The van der Waals surface area contributed by atoms with Crippen LogP contribution in [0.5, 0.6) is 11.5 Å². The number of aromatic hydroxyl groups is 2. The van der Waals surface area contributed by atoms with Crippen molar-refractivity contribution >= 4 is 22.4 Å². The van der Waals surface area contributed by atoms with E-state index in [1.807, 2.05) is 34.6 Å². The summed E-state index contributed by atoms with van der Waals surface area (Å²) in [6, 6.07) is 8.00. The normalized spacial score (nSPS) is 24.4. The number of phenols is 2. The molecule has 4 atom stereocenters. The summed E-state index contributed by atoms with van der Waals surface area (Å²) in [4.78, 5) is 21.8. The summed E-state index contributed by atoms with van der Waals surface area (Å²) in [5.41, 5.74) is 5.19. The van der Waals surface area contributed by atoms with Crippen molar-refractivity contribution in [1.29, 1.82) is 0 Å². The van der Waals surface area contributed by atoms with Crippen LogP contribution in [-0.4, -0.2) is 43.9 Å². The fourth-order valence-electron chi connectivity index (χ4n) is 6.97. The number of aromatic amines is 1. The molecule has 208 valence electrons. The first-order valence-corrected chi connectivity index (χ1v) is 14.3. The Hall–Kier alpha value is -3.12. The molecule has 2 aromatic carbocycles. The second-order valence-corrected chi connectivity index (χ2v) is 12.6. The molecule has 0 radical (unpaired) electrons. The Balaban J connectivity index is 1.81. The minimum Gasteiger partial charge on any atom is -0.508 e. The zero-order chi connectivity index (χ0) is 28.4. The van der Waals surface area contributed by atoms with Crippen LogP contribution in [0, 0.1) is 31.6 Å². The molecule has 1 saturated carbocycles. The van der Waals surface area contributed by atoms with Gasteiger partial charge in [0.2, 0.25) is 0 Å². The van der Waals surface area contributed by atoms with E-state index in [1.165, 1.54) is 0 Å². The predicted molar refractivity (Wildman–Crippen MR) is 156 cm³/mol. The average molecular weight is 531 g/mol. The molecule has 3 aromatic rings. The molecule has 39 heavy (non-hydrogen) atoms. The van der Waals surface area contributed by atoms with Gasteiger partial charge in [0, 0.05) is 40.9 Å². The highest BCUT2D eigenvalue weighted by Gasteiger charge is 2.53. The number of phenolic OH excluding ortho intramolecular Hbond substituents is 2. The van der Waals surface area contributed by atoms with Crippen LogP contribution >= 0.6 is 0 Å². The van der Waals surface area contributed by atoms with Crippen molar-refractivity contribution in [2.45, 2.75) is 85.2 Å². The standard InChI is InChI=1S/C33H42N2O4/c1-16(2)23-14-26(36)20(7)28(32(23)38)29(33(39)15-24(17(3)4)27(37)13-19(33)6)31-30-22(10-11-34-31)21-9-8-18(5)12-25(21)35-30/h8-9,12,14,16-17,19,24,29,35-36,38-39H,10-11,13,15H2,1-7H3. The summed E-state index contributed by atoms with van der Waals surface area (Å²) in [7, 11) is 0. The van der Waals surface area contributed by atoms with Crippen LogP contribution in [0.1, 0.15) is 92.8 Å². The first kappa shape index (κ1) is 27.4. The van der Waals surface area contributed by atoms with Crippen LogP contribution < -0.4 is 0 Å². The van der Waals surface area contributed by atoms with Gasteiger partial charge >= 0.3 is 0 Å². The largest absolute Gasteiger partial charge is 0.508 e. The van der Waals surface area contributed by atoms with Crippen LogP contribution in [0.4, 0.5) is 0 Å². The molecule has 2 heterocycles. The number of aromatic nitrogens is 1. The minimum absolute atomic E-state index is 0.0424. The fraction of sp³-hybridized carbons (Fsp3) is 0.515. The number of hydrogen-bond acceptors (Lipinski definition) is 5. The van der Waals surface area contributed by atoms with Gasteiger partial charge < -0.3 is 20.3 Å². The molecule has 1 aliphatic heterocycles. The second-order valence-electron chi connectivity index (χ2n) is 12.6. The Morgan fingerprint density at radius 3 is 2.49 bits per heavy atom. The Morgan fingerprint density at radius 1 is 1.10 bits per heavy atom. The zero-order valence-corrected chi connectivity index (χ0v) is 24.2. The molecule has 1 aromatic heterocycles. The number of carbonyl (C=O) groups excluding carboxylic acids is 1. The highest BCUT2D eigenvalue weighted by atomic mass is 16.3. The lowest BCUT2D eigenvalue weighted by atomic mass is 9.59. The third kappa shape index (κ3) is 4.37. The highest BCUT2D eigenvalue weighted by Crippen LogP contribution is 2.53. The Morgan fingerprint density at radius 2 is 1.82 bits per heavy atom. The fourth-order valence-corrected chi connectivity index (χ4v) is 6.97. The predicted octanol–water partition coefficient (Wildman–Crippen LogP) is 6.45. The number of benzene rings is 2. The number of rotatable bonds is 5. The topological polar surface area (TPSA) is 106 Å². The SMILES string of the molecule is Cc1ccc2c3c([nH]c2c1)C(C(c1c(C)c(O)cc(C(C)C)c1O)C1(O)CC(C(C)C)C(=O)CC1C)=NCC3. The lowest BCUT2D eigenvalue weighted by Crippen LogP contribution is -2.53. The molecule has 1 aliphatic carbocycles. The monoisotopic (exact) mass is 530 g/mol. The van der Waals surface area contributed by atoms with Crippen LogP contribution in [0.25, 0.3) is 10.9 Å². The van der Waals surface area contributed by atoms with E-state index in [0.29, 0.717) is 28.9 Å². The molecule has 0 bridgehead atoms. The van der Waals surface area contributed by atoms with Crippen molar-refractivity contribution in [3.05, 3.63) is 57.8 Å². The molecule has 0 amide bonds. The van der Waals surface area contributed by atoms with Crippen molar-refractivity contribution < 1.29 is 20.1 Å². The summed E-state index contributed by atoms with van der Waals surface area (Å²) in [5, 5.41) is 36.8. The Labute approximate surface area is 231 Å². The summed E-state index contributed by atoms with van der Waals surface area (Å²) >= 11 is 0. The number of aliphatic hydroxyl groups is 1. The molecule has 4 N–H and O–H groups in total. The molecular weight excluding hydrogens is 488 g/mol. The smallest absolute Gasteiger partial charge is 0.136 e. The summed E-state index contributed by atoms with van der Waals surface area (Å²) in [6.07, 6.45) is 1.31. The van der Waals surface area contributed by atoms with Gasteiger partial charge in [-0.1, -0.05) is 46.8 Å². The number of aryl methyl sites for hydroxylation is 1. The van der Waals surface area contributed by atoms with E-state index in [1.54, 1.807) is 13.0 Å². The van der Waals surface area contributed by atoms with Crippen LogP contribution in [-0.2, 0) is 11.2 Å². The van der Waals surface area contributed by atoms with Gasteiger partial charge in [-0.25, -0.2) is 0 Å². The van der Waals surface area contributed by atoms with Gasteiger partial charge in [0.25, 0.3) is 0 Å². The van der Waals surface area contributed by atoms with Gasteiger partial charge in [-0.15, -0.1) is 0 Å². The van der Waals surface area contributed by atoms with Gasteiger partial charge in [0.1, 0.15) is 17.3 Å². The van der Waals surface area contributed by atoms with E-state index in [0.717, 1.165) is 34.1 Å². The second kappa shape index (κ2) is 9.81. The maximum absolute atomic E-state index is 13.1. The number of fused-ring (bicyclic) bond motifs is 3. The van der Waals surface area contributed by atoms with Crippen molar-refractivity contribution in [1.82, 2.24) is 4.98 Å². The maximum atomic E-state index is 13.1. The highest BCUT2D eigenvalue weighted by molar-refractivity contribution is 6.11. The lowest BCUT2D eigenvalue weighted by molar-refractivity contribution is -0.140. The molecule has 6 nitrogen and oxygen atoms in total. The number of hydrogen-bond donors (Lipinski definition) is 4. The first-order chi connectivity index (χ1) is 18.3. The van der Waals surface area contributed by atoms with Crippen molar-refractivity contribution in [3.63, 3.8) is 0 Å². The van der Waals surface area contributed by atoms with Gasteiger partial charge in [0.05, 0.1) is 22.9 Å². The van der Waals surface area contributed by atoms with Gasteiger partial charge in [-0.05, 0) is 73.3 Å². The molecule has 6 heteroatoms. The number of Topliss-reactive ketones (excluding diaryl/α,β-unsaturated/α-hetero) is 1. The van der Waals surface area contributed by atoms with Crippen molar-refractivity contribution in [2.75, 3.05) is 6.54 Å². The first-order valence-electron chi connectivity index (χ1n) is 14.3. The van der Waals surface area contributed by atoms with Crippen molar-refractivity contribution in [3.8, 4) is 11.5 Å². The van der Waals surface area contributed by atoms with Gasteiger partial charge in [-0.3, -0.25) is 9.79 Å². The van der Waals surface area contributed by atoms with Gasteiger partial charge in [0.15, 0.2) is 0 Å². The van der Waals surface area contributed by atoms with Crippen LogP contribution in [0.15, 0.2) is 29.3 Å². The number of H-pyrrole nitrogens is 1. The van der Waals surface area contributed by atoms with E-state index < -0.39 is 11.5 Å². The average Bonchev–Trinajstić information content (AvgIpc) is 3.24. The number of ketones is 1. The van der Waals surface area contributed by atoms with E-state index in [2.05, 4.69) is 30.1 Å². The van der Waals surface area contributed by atoms with Crippen molar-refractivity contribution in [2.24, 2.45) is 22.7 Å². The summed E-state index contributed by atoms with van der Waals surface area (Å²) < 4.78 is 0. The number of nitrogens with one attached hydrogen (secondary N) is 1. The molecule has 2 aliphatic rings. The lowest BCUT2D eigenvalue weighted by Gasteiger charge is -2.48. The maximum Gasteiger partial charge on any atom is 0.136 e. The summed E-state index contributed by atoms with van der Waals surface area (Å²) in [5.74, 6) is -1.02. The zero-order valence-electron chi connectivity index (χ0n) is 24.2.